The summed E-state index contributed by atoms with van der Waals surface area (Å²) in [5.74, 6) is -0.565. The fourth-order valence-electron chi connectivity index (χ4n) is 2.65. The molecule has 1 amide bonds. The zero-order chi connectivity index (χ0) is 18.0. The molecule has 0 saturated carbocycles. The van der Waals surface area contributed by atoms with Gasteiger partial charge in [0.15, 0.2) is 0 Å². The van der Waals surface area contributed by atoms with Crippen LogP contribution in [-0.2, 0) is 5.60 Å². The van der Waals surface area contributed by atoms with Crippen molar-refractivity contribution in [3.05, 3.63) is 81.9 Å². The van der Waals surface area contributed by atoms with Crippen molar-refractivity contribution in [2.75, 3.05) is 6.54 Å². The summed E-state index contributed by atoms with van der Waals surface area (Å²) >= 11 is 0. The van der Waals surface area contributed by atoms with E-state index in [1.807, 2.05) is 31.2 Å². The van der Waals surface area contributed by atoms with Crippen LogP contribution in [0.1, 0.15) is 28.4 Å². The Balaban J connectivity index is 1.84. The normalized spacial score (nSPS) is 13.4. The first-order valence-corrected chi connectivity index (χ1v) is 7.93. The van der Waals surface area contributed by atoms with Crippen LogP contribution in [0.5, 0.6) is 0 Å². The first kappa shape index (κ1) is 16.9. The molecule has 0 fully saturated rings. The lowest BCUT2D eigenvalue weighted by Crippen LogP contribution is -2.40. The number of nitrogens with zero attached hydrogens (tertiary/aromatic N) is 2. The fourth-order valence-corrected chi connectivity index (χ4v) is 2.65. The van der Waals surface area contributed by atoms with E-state index in [9.17, 15) is 14.7 Å². The van der Waals surface area contributed by atoms with E-state index in [0.717, 1.165) is 5.56 Å². The number of hydrogen-bond acceptors (Lipinski definition) is 4. The molecule has 6 heteroatoms. The fraction of sp³-hybridized carbons (Fsp3) is 0.211. The van der Waals surface area contributed by atoms with Crippen LogP contribution in [0.2, 0.25) is 0 Å². The second-order valence-corrected chi connectivity index (χ2v) is 6.18. The molecular formula is C19H19N3O3. The standard InChI is InChI=1S/C19H19N3O3/c1-13-7-6-10-22-16(13)20-11-15(18(22)24)17(23)21-12-19(2,25)14-8-4-3-5-9-14/h3-11,25H,12H2,1-2H3,(H,21,23). The molecule has 2 aromatic heterocycles. The number of carbonyl (C=O) groups excluding carboxylic acids is 1. The molecule has 1 atom stereocenters. The first-order valence-electron chi connectivity index (χ1n) is 7.93. The predicted molar refractivity (Wildman–Crippen MR) is 94.5 cm³/mol. The highest BCUT2D eigenvalue weighted by molar-refractivity contribution is 5.93. The number of rotatable bonds is 4. The molecule has 1 unspecified atom stereocenters. The number of aromatic nitrogens is 2. The highest BCUT2D eigenvalue weighted by Gasteiger charge is 2.24. The van der Waals surface area contributed by atoms with Crippen LogP contribution in [0.25, 0.3) is 5.65 Å². The molecule has 0 aliphatic carbocycles. The molecule has 3 rings (SSSR count). The minimum absolute atomic E-state index is 0.0220. The molecule has 2 N–H and O–H groups in total. The highest BCUT2D eigenvalue weighted by atomic mass is 16.3. The van der Waals surface area contributed by atoms with E-state index in [0.29, 0.717) is 11.2 Å². The van der Waals surface area contributed by atoms with Crippen molar-refractivity contribution in [3.8, 4) is 0 Å². The van der Waals surface area contributed by atoms with Crippen LogP contribution in [0.4, 0.5) is 0 Å². The van der Waals surface area contributed by atoms with E-state index in [2.05, 4.69) is 10.3 Å². The minimum atomic E-state index is -1.24. The van der Waals surface area contributed by atoms with Gasteiger partial charge in [-0.3, -0.25) is 14.0 Å². The Morgan fingerprint density at radius 1 is 1.24 bits per heavy atom. The maximum atomic E-state index is 12.5. The van der Waals surface area contributed by atoms with Crippen molar-refractivity contribution in [2.24, 2.45) is 0 Å². The van der Waals surface area contributed by atoms with E-state index >= 15 is 0 Å². The molecule has 0 aliphatic heterocycles. The zero-order valence-corrected chi connectivity index (χ0v) is 14.1. The molecule has 2 heterocycles. The molecular weight excluding hydrogens is 318 g/mol. The summed E-state index contributed by atoms with van der Waals surface area (Å²) in [5, 5.41) is 13.2. The van der Waals surface area contributed by atoms with E-state index in [1.165, 1.54) is 10.6 Å². The van der Waals surface area contributed by atoms with E-state index in [1.54, 1.807) is 31.3 Å². The van der Waals surface area contributed by atoms with Gasteiger partial charge in [-0.2, -0.15) is 0 Å². The van der Waals surface area contributed by atoms with Crippen molar-refractivity contribution < 1.29 is 9.90 Å². The number of aryl methyl sites for hydroxylation is 1. The highest BCUT2D eigenvalue weighted by Crippen LogP contribution is 2.19. The molecule has 25 heavy (non-hydrogen) atoms. The SMILES string of the molecule is Cc1cccn2c(=O)c(C(=O)NCC(C)(O)c3ccccc3)cnc12. The van der Waals surface area contributed by atoms with Gasteiger partial charge in [0.25, 0.3) is 11.5 Å². The van der Waals surface area contributed by atoms with Gasteiger partial charge in [0.1, 0.15) is 16.8 Å². The summed E-state index contributed by atoms with van der Waals surface area (Å²) in [6, 6.07) is 12.6. The van der Waals surface area contributed by atoms with Crippen LogP contribution >= 0.6 is 0 Å². The van der Waals surface area contributed by atoms with Crippen molar-refractivity contribution in [3.63, 3.8) is 0 Å². The number of pyridine rings is 1. The van der Waals surface area contributed by atoms with Crippen LogP contribution in [0.3, 0.4) is 0 Å². The monoisotopic (exact) mass is 337 g/mol. The third-order valence-electron chi connectivity index (χ3n) is 4.16. The lowest BCUT2D eigenvalue weighted by atomic mass is 9.96. The van der Waals surface area contributed by atoms with Gasteiger partial charge in [-0.1, -0.05) is 36.4 Å². The Morgan fingerprint density at radius 2 is 1.96 bits per heavy atom. The lowest BCUT2D eigenvalue weighted by Gasteiger charge is -2.24. The molecule has 1 aromatic carbocycles. The van der Waals surface area contributed by atoms with Crippen molar-refractivity contribution in [1.82, 2.24) is 14.7 Å². The molecule has 3 aromatic rings. The maximum Gasteiger partial charge on any atom is 0.270 e. The summed E-state index contributed by atoms with van der Waals surface area (Å²) in [6.07, 6.45) is 2.85. The Labute approximate surface area is 144 Å². The van der Waals surface area contributed by atoms with Gasteiger partial charge in [-0.15, -0.1) is 0 Å². The van der Waals surface area contributed by atoms with Crippen LogP contribution < -0.4 is 10.9 Å². The zero-order valence-electron chi connectivity index (χ0n) is 14.1. The largest absolute Gasteiger partial charge is 0.384 e. The molecule has 0 saturated heterocycles. The summed E-state index contributed by atoms with van der Waals surface area (Å²) in [7, 11) is 0. The van der Waals surface area contributed by atoms with Gasteiger partial charge in [0, 0.05) is 12.4 Å². The molecule has 0 bridgehead atoms. The van der Waals surface area contributed by atoms with Gasteiger partial charge in [-0.25, -0.2) is 4.98 Å². The summed E-state index contributed by atoms with van der Waals surface area (Å²) < 4.78 is 1.35. The molecule has 0 spiro atoms. The Kier molecular flexibility index (Phi) is 4.37. The van der Waals surface area contributed by atoms with Gasteiger partial charge in [-0.05, 0) is 31.0 Å². The predicted octanol–water partition coefficient (Wildman–Crippen LogP) is 1.64. The second kappa shape index (κ2) is 6.49. The average Bonchev–Trinajstić information content (AvgIpc) is 2.62. The molecule has 128 valence electrons. The Hall–Kier alpha value is -2.99. The first-order chi connectivity index (χ1) is 11.9. The lowest BCUT2D eigenvalue weighted by molar-refractivity contribution is 0.0526. The van der Waals surface area contributed by atoms with E-state index in [4.69, 9.17) is 0 Å². The van der Waals surface area contributed by atoms with Crippen LogP contribution in [-0.4, -0.2) is 26.9 Å². The maximum absolute atomic E-state index is 12.5. The number of amides is 1. The van der Waals surface area contributed by atoms with Crippen molar-refractivity contribution in [1.29, 1.82) is 0 Å². The molecule has 0 aliphatic rings. The van der Waals surface area contributed by atoms with Gasteiger partial charge >= 0.3 is 0 Å². The average molecular weight is 337 g/mol. The van der Waals surface area contributed by atoms with Crippen molar-refractivity contribution in [2.45, 2.75) is 19.4 Å². The molecule has 6 nitrogen and oxygen atoms in total. The Morgan fingerprint density at radius 3 is 2.68 bits per heavy atom. The van der Waals surface area contributed by atoms with Gasteiger partial charge in [0.05, 0.1) is 6.54 Å². The number of hydrogen-bond donors (Lipinski definition) is 2. The Bertz CT molecular complexity index is 978. The second-order valence-electron chi connectivity index (χ2n) is 6.18. The third kappa shape index (κ3) is 3.29. The van der Waals surface area contributed by atoms with Crippen LogP contribution in [0, 0.1) is 6.92 Å². The van der Waals surface area contributed by atoms with Crippen molar-refractivity contribution >= 4 is 11.6 Å². The van der Waals surface area contributed by atoms with E-state index < -0.39 is 17.1 Å². The number of aliphatic hydroxyl groups is 1. The number of carbonyl (C=O) groups is 1. The summed E-state index contributed by atoms with van der Waals surface area (Å²) in [5.41, 5.74) is 0.296. The third-order valence-corrected chi connectivity index (χ3v) is 4.16. The van der Waals surface area contributed by atoms with Gasteiger partial charge in [0.2, 0.25) is 0 Å². The topological polar surface area (TPSA) is 83.7 Å². The summed E-state index contributed by atoms with van der Waals surface area (Å²) in [4.78, 5) is 29.1. The number of fused-ring (bicyclic) bond motifs is 1. The van der Waals surface area contributed by atoms with E-state index in [-0.39, 0.29) is 12.1 Å². The molecule has 0 radical (unpaired) electrons. The van der Waals surface area contributed by atoms with Crippen LogP contribution in [0.15, 0.2) is 59.7 Å². The quantitative estimate of drug-likeness (QED) is 0.758. The van der Waals surface area contributed by atoms with Gasteiger partial charge < -0.3 is 10.4 Å². The minimum Gasteiger partial charge on any atom is -0.384 e. The smallest absolute Gasteiger partial charge is 0.270 e. The summed E-state index contributed by atoms with van der Waals surface area (Å²) in [6.45, 7) is 3.43. The number of nitrogens with one attached hydrogen (secondary N) is 1. The number of benzene rings is 1.